The fraction of sp³-hybridized carbons (Fsp3) is 0.190. The molecule has 0 amide bonds. The second-order valence-corrected chi connectivity index (χ2v) is 15.9. The fourth-order valence-electron chi connectivity index (χ4n) is 6.62. The zero-order chi connectivity index (χ0) is 48.0. The second kappa shape index (κ2) is 18.4. The molecule has 1 N–H and O–H groups in total. The lowest BCUT2D eigenvalue weighted by atomic mass is 10.2. The zero-order valence-corrected chi connectivity index (χ0v) is 37.1. The smallest absolute Gasteiger partial charge is 0.417 e. The van der Waals surface area contributed by atoms with Crippen molar-refractivity contribution in [3.63, 3.8) is 0 Å². The molecule has 0 spiro atoms. The van der Waals surface area contributed by atoms with Gasteiger partial charge in [0.15, 0.2) is 22.3 Å². The molecule has 24 heteroatoms. The van der Waals surface area contributed by atoms with E-state index >= 15 is 0 Å². The lowest BCUT2D eigenvalue weighted by Crippen LogP contribution is -2.39. The van der Waals surface area contributed by atoms with Crippen molar-refractivity contribution in [1.29, 1.82) is 0 Å². The second-order valence-electron chi connectivity index (χ2n) is 14.3. The van der Waals surface area contributed by atoms with Crippen molar-refractivity contribution in [1.82, 2.24) is 37.8 Å². The monoisotopic (exact) mass is 996 g/mol. The Hall–Kier alpha value is -6.48. The van der Waals surface area contributed by atoms with Gasteiger partial charge in [0.25, 0.3) is 11.1 Å². The highest BCUT2D eigenvalue weighted by atomic mass is 35.5. The summed E-state index contributed by atoms with van der Waals surface area (Å²) in [7, 11) is 2.85. The minimum absolute atomic E-state index is 0.00715. The topological polar surface area (TPSA) is 153 Å². The van der Waals surface area contributed by atoms with Crippen LogP contribution in [-0.4, -0.2) is 37.8 Å². The molecule has 0 fully saturated rings. The molecular formula is C42H30Cl4F6N8O6. The molecule has 0 bridgehead atoms. The van der Waals surface area contributed by atoms with E-state index in [1.165, 1.54) is 39.9 Å². The molecule has 8 rings (SSSR count). The van der Waals surface area contributed by atoms with Gasteiger partial charge in [-0.2, -0.15) is 36.3 Å². The number of aromatic amines is 1. The van der Waals surface area contributed by atoms with Gasteiger partial charge in [-0.05, 0) is 78.7 Å². The van der Waals surface area contributed by atoms with Crippen molar-refractivity contribution in [3.8, 4) is 23.5 Å². The third-order valence-corrected chi connectivity index (χ3v) is 11.1. The number of imidazole rings is 2. The van der Waals surface area contributed by atoms with E-state index < -0.39 is 56.0 Å². The molecule has 8 aromatic rings. The number of nitrogens with zero attached hydrogens (tertiary/aromatic N) is 7. The highest BCUT2D eigenvalue weighted by Crippen LogP contribution is 2.39. The lowest BCUT2D eigenvalue weighted by Gasteiger charge is -2.13. The zero-order valence-electron chi connectivity index (χ0n) is 34.1. The first-order valence-electron chi connectivity index (χ1n) is 19.0. The minimum Gasteiger partial charge on any atom is -0.425 e. The third-order valence-electron chi connectivity index (χ3n) is 9.90. The number of hydrogen-bond donors (Lipinski definition) is 1. The number of nitrogens with one attached hydrogen (secondary N) is 1. The highest BCUT2D eigenvalue weighted by molar-refractivity contribution is 6.32. The van der Waals surface area contributed by atoms with E-state index in [4.69, 9.17) is 55.9 Å². The Kier molecular flexibility index (Phi) is 13.3. The van der Waals surface area contributed by atoms with E-state index in [1.807, 2.05) is 0 Å². The van der Waals surface area contributed by atoms with Crippen LogP contribution >= 0.6 is 46.4 Å². The van der Waals surface area contributed by atoms with Gasteiger partial charge in [-0.25, -0.2) is 9.59 Å². The Labute approximate surface area is 386 Å². The molecular weight excluding hydrogens is 968 g/mol. The van der Waals surface area contributed by atoms with Gasteiger partial charge in [-0.15, -0.1) is 0 Å². The Bertz CT molecular complexity index is 3400. The van der Waals surface area contributed by atoms with Gasteiger partial charge in [-0.1, -0.05) is 70.7 Å². The SMILES string of the molecule is CCn1c(=O)c2c(nc(Oc3ccc(Cl)c(C(F)(F)F)c3)n2Cc2ccc(Cl)cc2)n(C)c1=O.Cn1c(=O)[nH]c(=O)c2c1nc(Oc1ccc(Cl)c(C(F)(F)F)c1)n2Cc1ccc(Cl)cc1. The van der Waals surface area contributed by atoms with E-state index in [0.29, 0.717) is 15.6 Å². The summed E-state index contributed by atoms with van der Waals surface area (Å²) >= 11 is 23.2. The summed E-state index contributed by atoms with van der Waals surface area (Å²) in [5.41, 5.74) is -3.19. The summed E-state index contributed by atoms with van der Waals surface area (Å²) in [5.74, 6) is -0.388. The summed E-state index contributed by atoms with van der Waals surface area (Å²) in [4.78, 5) is 60.9. The normalized spacial score (nSPS) is 11.8. The van der Waals surface area contributed by atoms with Gasteiger partial charge in [0.05, 0.1) is 34.3 Å². The number of aromatic nitrogens is 8. The van der Waals surface area contributed by atoms with Crippen LogP contribution in [0.25, 0.3) is 22.3 Å². The predicted molar refractivity (Wildman–Crippen MR) is 235 cm³/mol. The van der Waals surface area contributed by atoms with Crippen LogP contribution in [0.3, 0.4) is 0 Å². The van der Waals surface area contributed by atoms with Crippen LogP contribution in [0.15, 0.2) is 104 Å². The molecule has 0 radical (unpaired) electrons. The van der Waals surface area contributed by atoms with Gasteiger partial charge in [0.1, 0.15) is 11.5 Å². The van der Waals surface area contributed by atoms with Crippen LogP contribution < -0.4 is 32.0 Å². The molecule has 4 heterocycles. The Morgan fingerprint density at radius 1 is 0.591 bits per heavy atom. The molecule has 4 aromatic carbocycles. The van der Waals surface area contributed by atoms with Crippen LogP contribution in [-0.2, 0) is 46.1 Å². The lowest BCUT2D eigenvalue weighted by molar-refractivity contribution is -0.138. The van der Waals surface area contributed by atoms with Gasteiger partial charge < -0.3 is 9.47 Å². The number of hydrogen-bond acceptors (Lipinski definition) is 8. The number of rotatable bonds is 9. The Morgan fingerprint density at radius 2 is 1.02 bits per heavy atom. The summed E-state index contributed by atoms with van der Waals surface area (Å²) in [6, 6.07) is 19.2. The molecule has 344 valence electrons. The molecule has 0 saturated heterocycles. The van der Waals surface area contributed by atoms with Crippen molar-refractivity contribution in [2.75, 3.05) is 0 Å². The average molecular weight is 999 g/mol. The maximum atomic E-state index is 13.3. The van der Waals surface area contributed by atoms with Crippen molar-refractivity contribution in [2.45, 2.75) is 38.9 Å². The molecule has 4 aromatic heterocycles. The summed E-state index contributed by atoms with van der Waals surface area (Å²) in [5, 5.41) is 0.0372. The van der Waals surface area contributed by atoms with Gasteiger partial charge in [-0.3, -0.25) is 37.4 Å². The number of alkyl halides is 6. The van der Waals surface area contributed by atoms with Crippen LogP contribution in [0.1, 0.15) is 29.2 Å². The van der Waals surface area contributed by atoms with E-state index in [-0.39, 0.29) is 65.5 Å². The molecule has 14 nitrogen and oxygen atoms in total. The molecule has 66 heavy (non-hydrogen) atoms. The predicted octanol–water partition coefficient (Wildman–Crippen LogP) is 9.67. The van der Waals surface area contributed by atoms with Crippen LogP contribution in [0.2, 0.25) is 20.1 Å². The highest BCUT2D eigenvalue weighted by Gasteiger charge is 2.35. The van der Waals surface area contributed by atoms with Crippen LogP contribution in [0.4, 0.5) is 26.3 Å². The van der Waals surface area contributed by atoms with Crippen molar-refractivity contribution in [3.05, 3.63) is 169 Å². The number of halogens is 10. The van der Waals surface area contributed by atoms with Crippen molar-refractivity contribution >= 4 is 68.7 Å². The molecule has 0 unspecified atom stereocenters. The number of ether oxygens (including phenoxy) is 2. The first-order chi connectivity index (χ1) is 31.0. The van der Waals surface area contributed by atoms with Crippen LogP contribution in [0.5, 0.6) is 23.5 Å². The van der Waals surface area contributed by atoms with E-state index in [0.717, 1.165) is 39.0 Å². The van der Waals surface area contributed by atoms with Gasteiger partial charge >= 0.3 is 35.8 Å². The quantitative estimate of drug-likeness (QED) is 0.140. The van der Waals surface area contributed by atoms with E-state index in [2.05, 4.69) is 15.0 Å². The number of H-pyrrole nitrogens is 1. The first-order valence-corrected chi connectivity index (χ1v) is 20.5. The molecule has 0 aliphatic heterocycles. The third kappa shape index (κ3) is 9.72. The Morgan fingerprint density at radius 3 is 1.44 bits per heavy atom. The largest absolute Gasteiger partial charge is 0.425 e. The van der Waals surface area contributed by atoms with Crippen molar-refractivity contribution < 1.29 is 35.8 Å². The molecule has 0 atom stereocenters. The number of fused-ring (bicyclic) bond motifs is 2. The summed E-state index contributed by atoms with van der Waals surface area (Å²) in [6.45, 7) is 1.93. The van der Waals surface area contributed by atoms with Gasteiger partial charge in [0, 0.05) is 30.7 Å². The summed E-state index contributed by atoms with van der Waals surface area (Å²) < 4.78 is 97.1. The standard InChI is InChI=1S/C22H17Cl2F3N4O3.C20H13Cl2F3N4O3/c1-3-30-19(32)17-18(29(2)21(30)33)28-20(31(17)11-12-4-6-13(23)7-5-12)34-14-8-9-16(24)15(10-14)22(25,26)27;1-28-16-15(17(30)27-18(28)31)29(9-10-2-4-11(21)5-3-10)19(26-16)32-12-6-7-14(22)13(8-12)20(23,24)25/h4-10H,3,11H2,1-2H3;2-8H,9H2,1H3,(H,27,30,31). The Balaban J connectivity index is 0.000000197. The minimum atomic E-state index is -4.70. The molecule has 0 aliphatic rings. The maximum absolute atomic E-state index is 13.3. The van der Waals surface area contributed by atoms with E-state index in [9.17, 15) is 45.5 Å². The maximum Gasteiger partial charge on any atom is 0.417 e. The summed E-state index contributed by atoms with van der Waals surface area (Å²) in [6.07, 6.45) is -9.39. The molecule has 0 aliphatic carbocycles. The first kappa shape index (κ1) is 47.5. The van der Waals surface area contributed by atoms with E-state index in [1.54, 1.807) is 55.5 Å². The fourth-order valence-corrected chi connectivity index (χ4v) is 7.32. The van der Waals surface area contributed by atoms with Gasteiger partial charge in [0.2, 0.25) is 0 Å². The van der Waals surface area contributed by atoms with Crippen molar-refractivity contribution in [2.24, 2.45) is 14.1 Å². The van der Waals surface area contributed by atoms with Crippen LogP contribution in [0, 0.1) is 0 Å². The molecule has 0 saturated carbocycles. The number of benzene rings is 4. The average Bonchev–Trinajstić information content (AvgIpc) is 3.79. The number of aryl methyl sites for hydroxylation is 2.